The van der Waals surface area contributed by atoms with E-state index < -0.39 is 12.1 Å². The molecule has 0 radical (unpaired) electrons. The second-order valence-corrected chi connectivity index (χ2v) is 5.78. The molecule has 0 bridgehead atoms. The van der Waals surface area contributed by atoms with Gasteiger partial charge in [0, 0.05) is 6.07 Å². The van der Waals surface area contributed by atoms with Gasteiger partial charge in [-0.05, 0) is 50.2 Å². The fourth-order valence-corrected chi connectivity index (χ4v) is 2.92. The molecule has 0 aliphatic heterocycles. The third-order valence-electron chi connectivity index (χ3n) is 4.08. The van der Waals surface area contributed by atoms with E-state index in [0.717, 1.165) is 18.4 Å². The molecule has 132 valence electrons. The van der Waals surface area contributed by atoms with Crippen molar-refractivity contribution in [2.45, 2.75) is 44.6 Å². The van der Waals surface area contributed by atoms with Gasteiger partial charge >= 0.3 is 12.1 Å². The molecule has 1 aliphatic rings. The van der Waals surface area contributed by atoms with Crippen LogP contribution in [-0.4, -0.2) is 41.5 Å². The van der Waals surface area contributed by atoms with Crippen LogP contribution in [0.1, 0.15) is 44.1 Å². The van der Waals surface area contributed by atoms with Gasteiger partial charge in [-0.1, -0.05) is 6.07 Å². The molecule has 1 aromatic rings. The van der Waals surface area contributed by atoms with Crippen LogP contribution in [0.25, 0.3) is 0 Å². The number of aromatic hydroxyl groups is 2. The average molecular weight is 337 g/mol. The van der Waals surface area contributed by atoms with Crippen molar-refractivity contribution < 1.29 is 29.3 Å². The van der Waals surface area contributed by atoms with E-state index in [1.54, 1.807) is 19.1 Å². The molecule has 0 aromatic heterocycles. The van der Waals surface area contributed by atoms with Crippen molar-refractivity contribution in [2.75, 3.05) is 13.2 Å². The highest BCUT2D eigenvalue weighted by Crippen LogP contribution is 2.39. The Balaban J connectivity index is 1.76. The number of carbonyl (C=O) groups is 2. The van der Waals surface area contributed by atoms with Crippen molar-refractivity contribution in [2.24, 2.45) is 0 Å². The summed E-state index contributed by atoms with van der Waals surface area (Å²) < 4.78 is 10.0. The lowest BCUT2D eigenvalue weighted by atomic mass is 9.82. The SMILES string of the molecule is CCOC(=O)CNC(=O)OC1CCC(c2ccc(O)cc2O)CC1. The first-order valence-electron chi connectivity index (χ1n) is 8.11. The van der Waals surface area contributed by atoms with Crippen LogP contribution in [0.5, 0.6) is 11.5 Å². The zero-order chi connectivity index (χ0) is 17.5. The molecule has 0 saturated heterocycles. The third-order valence-corrected chi connectivity index (χ3v) is 4.08. The molecule has 2 rings (SSSR count). The lowest BCUT2D eigenvalue weighted by molar-refractivity contribution is -0.141. The zero-order valence-corrected chi connectivity index (χ0v) is 13.7. The summed E-state index contributed by atoms with van der Waals surface area (Å²) in [6.45, 7) is 1.76. The molecule has 1 aromatic carbocycles. The normalized spacial score (nSPS) is 20.2. The van der Waals surface area contributed by atoms with E-state index >= 15 is 0 Å². The van der Waals surface area contributed by atoms with Crippen molar-refractivity contribution >= 4 is 12.1 Å². The van der Waals surface area contributed by atoms with Crippen LogP contribution in [0.4, 0.5) is 4.79 Å². The maximum atomic E-state index is 11.7. The molecule has 7 nitrogen and oxygen atoms in total. The largest absolute Gasteiger partial charge is 0.508 e. The number of nitrogens with one attached hydrogen (secondary N) is 1. The zero-order valence-electron chi connectivity index (χ0n) is 13.7. The van der Waals surface area contributed by atoms with Crippen LogP contribution in [0.3, 0.4) is 0 Å². The number of amides is 1. The average Bonchev–Trinajstić information content (AvgIpc) is 2.54. The molecule has 1 amide bonds. The second kappa shape index (κ2) is 8.42. The Labute approximate surface area is 140 Å². The monoisotopic (exact) mass is 337 g/mol. The molecular formula is C17H23NO6. The minimum atomic E-state index is -0.626. The topological polar surface area (TPSA) is 105 Å². The van der Waals surface area contributed by atoms with Gasteiger partial charge in [0.1, 0.15) is 24.1 Å². The van der Waals surface area contributed by atoms with Gasteiger partial charge in [-0.15, -0.1) is 0 Å². The van der Waals surface area contributed by atoms with Crippen molar-refractivity contribution in [1.29, 1.82) is 0 Å². The van der Waals surface area contributed by atoms with E-state index in [0.29, 0.717) is 12.8 Å². The minimum absolute atomic E-state index is 0.0338. The molecule has 1 saturated carbocycles. The molecule has 1 aliphatic carbocycles. The van der Waals surface area contributed by atoms with Crippen molar-refractivity contribution in [3.8, 4) is 11.5 Å². The number of hydrogen-bond donors (Lipinski definition) is 3. The number of rotatable bonds is 5. The number of esters is 1. The van der Waals surface area contributed by atoms with Gasteiger partial charge in [0.2, 0.25) is 0 Å². The summed E-state index contributed by atoms with van der Waals surface area (Å²) in [7, 11) is 0. The molecule has 24 heavy (non-hydrogen) atoms. The van der Waals surface area contributed by atoms with Gasteiger partial charge in [-0.25, -0.2) is 4.79 Å². The predicted octanol–water partition coefficient (Wildman–Crippen LogP) is 2.41. The van der Waals surface area contributed by atoms with Crippen LogP contribution >= 0.6 is 0 Å². The number of carbonyl (C=O) groups excluding carboxylic acids is 2. The number of phenolic OH excluding ortho intramolecular Hbond substituents is 2. The Bertz CT molecular complexity index is 580. The summed E-state index contributed by atoms with van der Waals surface area (Å²) in [5, 5.41) is 21.6. The highest BCUT2D eigenvalue weighted by molar-refractivity contribution is 5.77. The number of ether oxygens (including phenoxy) is 2. The summed E-state index contributed by atoms with van der Waals surface area (Å²) in [5.74, 6) is -0.202. The first-order valence-corrected chi connectivity index (χ1v) is 8.11. The second-order valence-electron chi connectivity index (χ2n) is 5.78. The minimum Gasteiger partial charge on any atom is -0.508 e. The predicted molar refractivity (Wildman–Crippen MR) is 85.9 cm³/mol. The fourth-order valence-electron chi connectivity index (χ4n) is 2.92. The smallest absolute Gasteiger partial charge is 0.407 e. The molecular weight excluding hydrogens is 314 g/mol. The summed E-state index contributed by atoms with van der Waals surface area (Å²) in [6, 6.07) is 4.61. The van der Waals surface area contributed by atoms with E-state index in [-0.39, 0.29) is 36.7 Å². The van der Waals surface area contributed by atoms with E-state index in [4.69, 9.17) is 9.47 Å². The lowest BCUT2D eigenvalue weighted by Gasteiger charge is -2.28. The molecule has 0 heterocycles. The van der Waals surface area contributed by atoms with Crippen LogP contribution in [0, 0.1) is 0 Å². The van der Waals surface area contributed by atoms with Gasteiger partial charge in [-0.2, -0.15) is 0 Å². The first kappa shape index (κ1) is 17.9. The fraction of sp³-hybridized carbons (Fsp3) is 0.529. The standard InChI is InChI=1S/C17H23NO6/c1-2-23-16(21)10-18-17(22)24-13-6-3-11(4-7-13)14-8-5-12(19)9-15(14)20/h5,8-9,11,13,19-20H,2-4,6-7,10H2,1H3,(H,18,22). The van der Waals surface area contributed by atoms with Gasteiger partial charge < -0.3 is 25.0 Å². The maximum absolute atomic E-state index is 11.7. The Morgan fingerprint density at radius 3 is 2.54 bits per heavy atom. The van der Waals surface area contributed by atoms with Gasteiger partial charge in [0.05, 0.1) is 6.61 Å². The van der Waals surface area contributed by atoms with Crippen molar-refractivity contribution in [3.63, 3.8) is 0 Å². The first-order chi connectivity index (χ1) is 11.5. The van der Waals surface area contributed by atoms with E-state index in [1.807, 2.05) is 0 Å². The number of hydrogen-bond acceptors (Lipinski definition) is 6. The summed E-state index contributed by atoms with van der Waals surface area (Å²) in [5.41, 5.74) is 0.804. The van der Waals surface area contributed by atoms with Crippen molar-refractivity contribution in [1.82, 2.24) is 5.32 Å². The molecule has 0 unspecified atom stereocenters. The molecule has 3 N–H and O–H groups in total. The van der Waals surface area contributed by atoms with Crippen LogP contribution < -0.4 is 5.32 Å². The van der Waals surface area contributed by atoms with Crippen LogP contribution in [0.15, 0.2) is 18.2 Å². The highest BCUT2D eigenvalue weighted by Gasteiger charge is 2.26. The Morgan fingerprint density at radius 2 is 1.92 bits per heavy atom. The van der Waals surface area contributed by atoms with Crippen LogP contribution in [0.2, 0.25) is 0 Å². The molecule has 7 heteroatoms. The number of phenols is 2. The van der Waals surface area contributed by atoms with Gasteiger partial charge in [-0.3, -0.25) is 4.79 Å². The quantitative estimate of drug-likeness (QED) is 0.713. The van der Waals surface area contributed by atoms with E-state index in [9.17, 15) is 19.8 Å². The molecule has 0 atom stereocenters. The highest BCUT2D eigenvalue weighted by atomic mass is 16.6. The molecule has 1 fully saturated rings. The van der Waals surface area contributed by atoms with E-state index in [2.05, 4.69) is 5.32 Å². The maximum Gasteiger partial charge on any atom is 0.407 e. The lowest BCUT2D eigenvalue weighted by Crippen LogP contribution is -2.34. The van der Waals surface area contributed by atoms with Gasteiger partial charge in [0.15, 0.2) is 0 Å². The number of alkyl carbamates (subject to hydrolysis) is 1. The van der Waals surface area contributed by atoms with E-state index in [1.165, 1.54) is 6.07 Å². The Kier molecular flexibility index (Phi) is 6.28. The third kappa shape index (κ3) is 5.04. The van der Waals surface area contributed by atoms with Gasteiger partial charge in [0.25, 0.3) is 0 Å². The van der Waals surface area contributed by atoms with Crippen molar-refractivity contribution in [3.05, 3.63) is 23.8 Å². The Morgan fingerprint density at radius 1 is 1.21 bits per heavy atom. The number of benzene rings is 1. The molecule has 0 spiro atoms. The summed E-state index contributed by atoms with van der Waals surface area (Å²) in [6.07, 6.45) is 2.07. The summed E-state index contributed by atoms with van der Waals surface area (Å²) >= 11 is 0. The van der Waals surface area contributed by atoms with Crippen LogP contribution in [-0.2, 0) is 14.3 Å². The Hall–Kier alpha value is -2.44. The summed E-state index contributed by atoms with van der Waals surface area (Å²) in [4.78, 5) is 22.8.